The van der Waals surface area contributed by atoms with Crippen LogP contribution in [0.1, 0.15) is 13.8 Å². The summed E-state index contributed by atoms with van der Waals surface area (Å²) in [5.74, 6) is -0.0666. The number of rotatable bonds is 2. The first kappa shape index (κ1) is 10.2. The van der Waals surface area contributed by atoms with Crippen LogP contribution in [0.2, 0.25) is 0 Å². The van der Waals surface area contributed by atoms with Crippen molar-refractivity contribution in [1.82, 2.24) is 15.1 Å². The quantitative estimate of drug-likeness (QED) is 0.850. The van der Waals surface area contributed by atoms with E-state index in [1.165, 1.54) is 0 Å². The third kappa shape index (κ3) is 1.91. The maximum absolute atomic E-state index is 11.5. The Morgan fingerprint density at radius 3 is 2.69 bits per heavy atom. The number of nitrogens with zero attached hydrogens (tertiary/aromatic N) is 2. The number of halogens is 1. The Bertz CT molecular complexity index is 319. The fourth-order valence-electron chi connectivity index (χ4n) is 1.02. The van der Waals surface area contributed by atoms with Crippen LogP contribution in [0.4, 0.5) is 0 Å². The van der Waals surface area contributed by atoms with E-state index in [4.69, 9.17) is 0 Å². The average Bonchev–Trinajstić information content (AvgIpc) is 2.50. The summed E-state index contributed by atoms with van der Waals surface area (Å²) < 4.78 is 2.49. The summed E-state index contributed by atoms with van der Waals surface area (Å²) in [4.78, 5) is 11.5. The molecular weight excluding hydrogens is 234 g/mol. The minimum atomic E-state index is -0.652. The SMILES string of the molecule is CNC(=O)C(C)(C)n1cc(Br)cn1. The Balaban J connectivity index is 2.99. The molecule has 0 saturated heterocycles. The Kier molecular flexibility index (Phi) is 2.75. The molecule has 0 fully saturated rings. The maximum Gasteiger partial charge on any atom is 0.247 e. The van der Waals surface area contributed by atoms with Crippen molar-refractivity contribution in [2.75, 3.05) is 7.05 Å². The zero-order valence-corrected chi connectivity index (χ0v) is 9.42. The topological polar surface area (TPSA) is 46.9 Å². The van der Waals surface area contributed by atoms with E-state index in [2.05, 4.69) is 26.3 Å². The van der Waals surface area contributed by atoms with Crippen molar-refractivity contribution < 1.29 is 4.79 Å². The van der Waals surface area contributed by atoms with Crippen molar-refractivity contribution in [1.29, 1.82) is 0 Å². The molecule has 0 bridgehead atoms. The zero-order chi connectivity index (χ0) is 10.1. The zero-order valence-electron chi connectivity index (χ0n) is 7.84. The predicted molar refractivity (Wildman–Crippen MR) is 53.3 cm³/mol. The summed E-state index contributed by atoms with van der Waals surface area (Å²) in [5, 5.41) is 6.66. The van der Waals surface area contributed by atoms with Crippen LogP contribution in [-0.2, 0) is 10.3 Å². The van der Waals surface area contributed by atoms with E-state index in [0.29, 0.717) is 0 Å². The lowest BCUT2D eigenvalue weighted by molar-refractivity contribution is -0.128. The molecule has 0 aromatic carbocycles. The van der Waals surface area contributed by atoms with Crippen LogP contribution < -0.4 is 5.32 Å². The summed E-state index contributed by atoms with van der Waals surface area (Å²) in [6, 6.07) is 0. The smallest absolute Gasteiger partial charge is 0.247 e. The van der Waals surface area contributed by atoms with E-state index >= 15 is 0 Å². The van der Waals surface area contributed by atoms with Crippen molar-refractivity contribution >= 4 is 21.8 Å². The first-order valence-electron chi connectivity index (χ1n) is 3.91. The van der Waals surface area contributed by atoms with Crippen LogP contribution in [-0.4, -0.2) is 22.7 Å². The number of likely N-dealkylation sites (N-methyl/N-ethyl adjacent to an activating group) is 1. The van der Waals surface area contributed by atoms with E-state index in [1.807, 2.05) is 13.8 Å². The molecule has 0 saturated carbocycles. The van der Waals surface area contributed by atoms with Crippen LogP contribution >= 0.6 is 15.9 Å². The highest BCUT2D eigenvalue weighted by Crippen LogP contribution is 2.17. The van der Waals surface area contributed by atoms with Gasteiger partial charge in [0.1, 0.15) is 5.54 Å². The van der Waals surface area contributed by atoms with Gasteiger partial charge in [0.05, 0.1) is 10.7 Å². The third-order valence-corrected chi connectivity index (χ3v) is 2.32. The summed E-state index contributed by atoms with van der Waals surface area (Å²) in [7, 11) is 1.61. The van der Waals surface area contributed by atoms with Gasteiger partial charge in [-0.1, -0.05) is 0 Å². The minimum absolute atomic E-state index is 0.0666. The molecule has 4 nitrogen and oxygen atoms in total. The molecule has 0 spiro atoms. The van der Waals surface area contributed by atoms with Crippen molar-refractivity contribution in [3.05, 3.63) is 16.9 Å². The van der Waals surface area contributed by atoms with Crippen LogP contribution in [0.5, 0.6) is 0 Å². The van der Waals surface area contributed by atoms with E-state index < -0.39 is 5.54 Å². The molecule has 0 atom stereocenters. The second kappa shape index (κ2) is 3.49. The van der Waals surface area contributed by atoms with Gasteiger partial charge >= 0.3 is 0 Å². The highest BCUT2D eigenvalue weighted by atomic mass is 79.9. The van der Waals surface area contributed by atoms with Crippen molar-refractivity contribution in [3.63, 3.8) is 0 Å². The highest BCUT2D eigenvalue weighted by Gasteiger charge is 2.29. The molecule has 1 aromatic rings. The van der Waals surface area contributed by atoms with Crippen molar-refractivity contribution in [3.8, 4) is 0 Å². The summed E-state index contributed by atoms with van der Waals surface area (Å²) in [5.41, 5.74) is -0.652. The molecule has 1 heterocycles. The molecule has 0 aliphatic heterocycles. The van der Waals surface area contributed by atoms with Gasteiger partial charge in [-0.3, -0.25) is 9.48 Å². The van der Waals surface area contributed by atoms with Gasteiger partial charge in [-0.25, -0.2) is 0 Å². The summed E-state index contributed by atoms with van der Waals surface area (Å²) >= 11 is 3.28. The highest BCUT2D eigenvalue weighted by molar-refractivity contribution is 9.10. The molecule has 1 amide bonds. The fraction of sp³-hybridized carbons (Fsp3) is 0.500. The standard InChI is InChI=1S/C8H12BrN3O/c1-8(2,7(13)10-3)12-5-6(9)4-11-12/h4-5H,1-3H3,(H,10,13). The Morgan fingerprint density at radius 1 is 1.69 bits per heavy atom. The van der Waals surface area contributed by atoms with Crippen molar-refractivity contribution in [2.24, 2.45) is 0 Å². The van der Waals surface area contributed by atoms with Gasteiger partial charge in [0.15, 0.2) is 0 Å². The van der Waals surface area contributed by atoms with Crippen LogP contribution in [0.3, 0.4) is 0 Å². The third-order valence-electron chi connectivity index (χ3n) is 1.91. The molecule has 1 aromatic heterocycles. The molecule has 5 heteroatoms. The van der Waals surface area contributed by atoms with Gasteiger partial charge in [-0.15, -0.1) is 0 Å². The molecule has 13 heavy (non-hydrogen) atoms. The molecule has 0 radical (unpaired) electrons. The van der Waals surface area contributed by atoms with Crippen molar-refractivity contribution in [2.45, 2.75) is 19.4 Å². The Labute approximate surface area is 85.4 Å². The largest absolute Gasteiger partial charge is 0.357 e. The van der Waals surface area contributed by atoms with Gasteiger partial charge in [0.2, 0.25) is 5.91 Å². The molecule has 1 N–H and O–H groups in total. The van der Waals surface area contributed by atoms with E-state index in [0.717, 1.165) is 4.47 Å². The molecule has 0 unspecified atom stereocenters. The molecule has 1 rings (SSSR count). The maximum atomic E-state index is 11.5. The lowest BCUT2D eigenvalue weighted by Gasteiger charge is -2.22. The fourth-order valence-corrected chi connectivity index (χ4v) is 1.30. The monoisotopic (exact) mass is 245 g/mol. The second-order valence-corrected chi connectivity index (χ2v) is 4.16. The molecule has 0 aliphatic carbocycles. The number of carbonyl (C=O) groups is 1. The normalized spacial score (nSPS) is 11.4. The average molecular weight is 246 g/mol. The lowest BCUT2D eigenvalue weighted by Crippen LogP contribution is -2.43. The van der Waals surface area contributed by atoms with Crippen LogP contribution in [0.15, 0.2) is 16.9 Å². The second-order valence-electron chi connectivity index (χ2n) is 3.24. The molecule has 0 aliphatic rings. The van der Waals surface area contributed by atoms with Crippen LogP contribution in [0.25, 0.3) is 0 Å². The number of carbonyl (C=O) groups excluding carboxylic acids is 1. The predicted octanol–water partition coefficient (Wildman–Crippen LogP) is 1.13. The number of amides is 1. The lowest BCUT2D eigenvalue weighted by atomic mass is 10.1. The Morgan fingerprint density at radius 2 is 2.31 bits per heavy atom. The summed E-state index contributed by atoms with van der Waals surface area (Å²) in [6.45, 7) is 3.62. The van der Waals surface area contributed by atoms with Gasteiger partial charge < -0.3 is 5.32 Å². The van der Waals surface area contributed by atoms with Gasteiger partial charge in [0, 0.05) is 13.2 Å². The molecule has 72 valence electrons. The van der Waals surface area contributed by atoms with E-state index in [-0.39, 0.29) is 5.91 Å². The first-order chi connectivity index (χ1) is 5.98. The Hall–Kier alpha value is -0.840. The minimum Gasteiger partial charge on any atom is -0.357 e. The number of nitrogens with one attached hydrogen (secondary N) is 1. The summed E-state index contributed by atoms with van der Waals surface area (Å²) in [6.07, 6.45) is 3.43. The van der Waals surface area contributed by atoms with Gasteiger partial charge in [-0.2, -0.15) is 5.10 Å². The van der Waals surface area contributed by atoms with Gasteiger partial charge in [0.25, 0.3) is 0 Å². The van der Waals surface area contributed by atoms with Gasteiger partial charge in [-0.05, 0) is 29.8 Å². The number of aromatic nitrogens is 2. The van der Waals surface area contributed by atoms with E-state index in [1.54, 1.807) is 24.1 Å². The van der Waals surface area contributed by atoms with E-state index in [9.17, 15) is 4.79 Å². The first-order valence-corrected chi connectivity index (χ1v) is 4.70. The molecular formula is C8H12BrN3O. The number of hydrogen-bond donors (Lipinski definition) is 1. The van der Waals surface area contributed by atoms with Crippen LogP contribution in [0, 0.1) is 0 Å². The number of hydrogen-bond acceptors (Lipinski definition) is 2.